The third-order valence-electron chi connectivity index (χ3n) is 2.13. The Balaban J connectivity index is 2.62. The summed E-state index contributed by atoms with van der Waals surface area (Å²) in [5.74, 6) is -1.30. The van der Waals surface area contributed by atoms with Gasteiger partial charge in [0.15, 0.2) is 0 Å². The third kappa shape index (κ3) is 4.87. The van der Waals surface area contributed by atoms with E-state index in [4.69, 9.17) is 5.11 Å². The first-order chi connectivity index (χ1) is 8.29. The lowest BCUT2D eigenvalue weighted by atomic mass is 10.2. The third-order valence-corrected chi connectivity index (χ3v) is 3.57. The van der Waals surface area contributed by atoms with E-state index in [1.54, 1.807) is 0 Å². The largest absolute Gasteiger partial charge is 0.478 e. The molecule has 0 aliphatic heterocycles. The molecule has 0 radical (unpaired) electrons. The quantitative estimate of drug-likeness (QED) is 0.902. The smallest absolute Gasteiger partial charge is 0.389 e. The van der Waals surface area contributed by atoms with Crippen LogP contribution < -0.4 is 0 Å². The number of rotatable bonds is 5. The van der Waals surface area contributed by atoms with Crippen LogP contribution in [0.15, 0.2) is 29.2 Å². The van der Waals surface area contributed by atoms with Gasteiger partial charge in [0, 0.05) is 17.1 Å². The van der Waals surface area contributed by atoms with Gasteiger partial charge in [-0.05, 0) is 24.6 Å². The van der Waals surface area contributed by atoms with Crippen molar-refractivity contribution < 1.29 is 27.3 Å². The van der Waals surface area contributed by atoms with Crippen molar-refractivity contribution >= 4 is 16.8 Å². The molecule has 0 heterocycles. The van der Waals surface area contributed by atoms with Crippen LogP contribution >= 0.6 is 0 Å². The lowest BCUT2D eigenvalue weighted by molar-refractivity contribution is -0.134. The van der Waals surface area contributed by atoms with Crippen molar-refractivity contribution in [2.24, 2.45) is 0 Å². The summed E-state index contributed by atoms with van der Waals surface area (Å²) in [5, 5.41) is 8.73. The fraction of sp³-hybridized carbons (Fsp3) is 0.364. The van der Waals surface area contributed by atoms with Crippen molar-refractivity contribution in [1.82, 2.24) is 0 Å². The fourth-order valence-corrected chi connectivity index (χ4v) is 2.42. The summed E-state index contributed by atoms with van der Waals surface area (Å²) in [7, 11) is -1.61. The van der Waals surface area contributed by atoms with Gasteiger partial charge < -0.3 is 5.11 Å². The lowest BCUT2D eigenvalue weighted by Gasteiger charge is -2.06. The lowest BCUT2D eigenvalue weighted by Crippen LogP contribution is -2.09. The summed E-state index contributed by atoms with van der Waals surface area (Å²) in [6, 6.07) is 5.40. The molecule has 1 N–H and O–H groups in total. The molecule has 7 heteroatoms. The van der Waals surface area contributed by atoms with Gasteiger partial charge in [-0.3, -0.25) is 4.21 Å². The van der Waals surface area contributed by atoms with Crippen molar-refractivity contribution in [3.05, 3.63) is 29.8 Å². The Morgan fingerprint density at radius 3 is 2.56 bits per heavy atom. The Hall–Kier alpha value is -1.37. The Morgan fingerprint density at radius 1 is 1.33 bits per heavy atom. The second-order valence-electron chi connectivity index (χ2n) is 3.60. The normalized spacial score (nSPS) is 13.3. The predicted molar refractivity (Wildman–Crippen MR) is 60.0 cm³/mol. The number of hydrogen-bond donors (Lipinski definition) is 1. The second-order valence-corrected chi connectivity index (χ2v) is 5.17. The molecule has 1 unspecified atom stereocenters. The summed E-state index contributed by atoms with van der Waals surface area (Å²) in [4.78, 5) is 10.9. The van der Waals surface area contributed by atoms with E-state index < -0.39 is 29.4 Å². The molecule has 1 rings (SSSR count). The zero-order valence-corrected chi connectivity index (χ0v) is 10.1. The molecule has 0 saturated carbocycles. The van der Waals surface area contributed by atoms with Crippen molar-refractivity contribution in [3.63, 3.8) is 0 Å². The summed E-state index contributed by atoms with van der Waals surface area (Å²) < 4.78 is 47.4. The molecular weight excluding hydrogens is 269 g/mol. The van der Waals surface area contributed by atoms with E-state index in [1.165, 1.54) is 24.3 Å². The molecule has 0 bridgehead atoms. The minimum absolute atomic E-state index is 0.0309. The highest BCUT2D eigenvalue weighted by Crippen LogP contribution is 2.22. The fourth-order valence-electron chi connectivity index (χ4n) is 1.29. The van der Waals surface area contributed by atoms with Gasteiger partial charge in [-0.1, -0.05) is 6.07 Å². The highest BCUT2D eigenvalue weighted by molar-refractivity contribution is 7.85. The standard InChI is InChI=1S/C11H11F3O3S/c12-11(13,14)5-2-6-18(17)9-4-1-3-8(7-9)10(15)16/h1,3-4,7H,2,5-6H2,(H,15,16). The van der Waals surface area contributed by atoms with Gasteiger partial charge in [0.25, 0.3) is 0 Å². The molecule has 0 aliphatic rings. The first kappa shape index (κ1) is 14.7. The summed E-state index contributed by atoms with van der Waals surface area (Å²) >= 11 is 0. The Kier molecular flexibility index (Phi) is 4.89. The van der Waals surface area contributed by atoms with Gasteiger partial charge in [-0.2, -0.15) is 13.2 Å². The SMILES string of the molecule is O=C(O)c1cccc(S(=O)CCCC(F)(F)F)c1. The van der Waals surface area contributed by atoms with Gasteiger partial charge in [0.05, 0.1) is 16.4 Å². The van der Waals surface area contributed by atoms with Gasteiger partial charge in [0.1, 0.15) is 0 Å². The molecule has 0 aliphatic carbocycles. The van der Waals surface area contributed by atoms with Gasteiger partial charge in [-0.15, -0.1) is 0 Å². The van der Waals surface area contributed by atoms with E-state index in [0.717, 1.165) is 0 Å². The van der Waals surface area contributed by atoms with E-state index in [0.29, 0.717) is 0 Å². The minimum Gasteiger partial charge on any atom is -0.478 e. The van der Waals surface area contributed by atoms with Gasteiger partial charge >= 0.3 is 12.1 Å². The average Bonchev–Trinajstić information content (AvgIpc) is 2.27. The first-order valence-electron chi connectivity index (χ1n) is 5.08. The van der Waals surface area contributed by atoms with E-state index in [-0.39, 0.29) is 22.6 Å². The number of aromatic carboxylic acids is 1. The van der Waals surface area contributed by atoms with Gasteiger partial charge in [0.2, 0.25) is 0 Å². The summed E-state index contributed by atoms with van der Waals surface area (Å²) in [6.45, 7) is 0. The highest BCUT2D eigenvalue weighted by atomic mass is 32.2. The van der Waals surface area contributed by atoms with Crippen LogP contribution in [-0.4, -0.2) is 27.2 Å². The number of carboxylic acid groups (broad SMARTS) is 1. The molecule has 18 heavy (non-hydrogen) atoms. The van der Waals surface area contributed by atoms with Crippen LogP contribution in [0.1, 0.15) is 23.2 Å². The number of benzene rings is 1. The maximum Gasteiger partial charge on any atom is 0.389 e. The molecule has 3 nitrogen and oxygen atoms in total. The van der Waals surface area contributed by atoms with Gasteiger partial charge in [-0.25, -0.2) is 4.79 Å². The minimum atomic E-state index is -4.26. The maximum atomic E-state index is 11.9. The predicted octanol–water partition coefficient (Wildman–Crippen LogP) is 2.83. The monoisotopic (exact) mass is 280 g/mol. The molecule has 0 spiro atoms. The summed E-state index contributed by atoms with van der Waals surface area (Å²) in [6.07, 6.45) is -5.49. The Morgan fingerprint density at radius 2 is 2.00 bits per heavy atom. The molecule has 0 saturated heterocycles. The van der Waals surface area contributed by atoms with Crippen LogP contribution in [0, 0.1) is 0 Å². The first-order valence-corrected chi connectivity index (χ1v) is 6.40. The van der Waals surface area contributed by atoms with Crippen LogP contribution in [-0.2, 0) is 10.8 Å². The van der Waals surface area contributed by atoms with E-state index in [9.17, 15) is 22.2 Å². The number of carbonyl (C=O) groups is 1. The van der Waals surface area contributed by atoms with Crippen LogP contribution in [0.4, 0.5) is 13.2 Å². The van der Waals surface area contributed by atoms with E-state index in [2.05, 4.69) is 0 Å². The molecule has 0 fully saturated rings. The molecule has 1 aromatic rings. The Bertz CT molecular complexity index is 457. The molecule has 100 valence electrons. The van der Waals surface area contributed by atoms with Crippen LogP contribution in [0.5, 0.6) is 0 Å². The number of carboxylic acids is 1. The van der Waals surface area contributed by atoms with Crippen molar-refractivity contribution in [2.45, 2.75) is 23.9 Å². The highest BCUT2D eigenvalue weighted by Gasteiger charge is 2.26. The number of alkyl halides is 3. The summed E-state index contributed by atoms with van der Waals surface area (Å²) in [5.41, 5.74) is -0.0309. The molecule has 1 aromatic carbocycles. The van der Waals surface area contributed by atoms with Crippen LogP contribution in [0.2, 0.25) is 0 Å². The average molecular weight is 280 g/mol. The number of halogens is 3. The Labute approximate surface area is 104 Å². The number of hydrogen-bond acceptors (Lipinski definition) is 2. The van der Waals surface area contributed by atoms with Crippen molar-refractivity contribution in [3.8, 4) is 0 Å². The van der Waals surface area contributed by atoms with Crippen molar-refractivity contribution in [1.29, 1.82) is 0 Å². The zero-order valence-electron chi connectivity index (χ0n) is 9.24. The maximum absolute atomic E-state index is 11.9. The second kappa shape index (κ2) is 5.99. The van der Waals surface area contributed by atoms with E-state index in [1.807, 2.05) is 0 Å². The van der Waals surface area contributed by atoms with Crippen LogP contribution in [0.25, 0.3) is 0 Å². The van der Waals surface area contributed by atoms with Crippen molar-refractivity contribution in [2.75, 3.05) is 5.75 Å². The van der Waals surface area contributed by atoms with E-state index >= 15 is 0 Å². The molecule has 1 atom stereocenters. The molecule has 0 aromatic heterocycles. The molecule has 0 amide bonds. The van der Waals surface area contributed by atoms with Crippen LogP contribution in [0.3, 0.4) is 0 Å². The zero-order chi connectivity index (χ0) is 13.8. The molecular formula is C11H11F3O3S. The topological polar surface area (TPSA) is 54.4 Å².